The van der Waals surface area contributed by atoms with Gasteiger partial charge in [-0.15, -0.1) is 0 Å². The molecule has 114 valence electrons. The van der Waals surface area contributed by atoms with Crippen molar-refractivity contribution >= 4 is 23.7 Å². The van der Waals surface area contributed by atoms with Gasteiger partial charge in [0.1, 0.15) is 12.2 Å². The number of nitrogens with one attached hydrogen (secondary N) is 1. The van der Waals surface area contributed by atoms with Crippen LogP contribution in [-0.2, 0) is 20.9 Å². The van der Waals surface area contributed by atoms with Gasteiger partial charge in [0.15, 0.2) is 0 Å². The van der Waals surface area contributed by atoms with Crippen LogP contribution < -0.4 is 5.32 Å². The van der Waals surface area contributed by atoms with E-state index < -0.39 is 35.2 Å². The first-order chi connectivity index (χ1) is 9.79. The van der Waals surface area contributed by atoms with Crippen molar-refractivity contribution in [2.45, 2.75) is 25.4 Å². The van der Waals surface area contributed by atoms with E-state index in [1.807, 2.05) is 0 Å². The Bertz CT molecular complexity index is 568. The van der Waals surface area contributed by atoms with Crippen molar-refractivity contribution in [2.24, 2.45) is 0 Å². The third-order valence-corrected chi connectivity index (χ3v) is 2.42. The van der Waals surface area contributed by atoms with Crippen molar-refractivity contribution in [3.05, 3.63) is 22.6 Å². The summed E-state index contributed by atoms with van der Waals surface area (Å²) in [5.74, 6) is -3.86. The number of amides is 1. The number of carbonyl (C=O) groups excluding carboxylic acids is 1. The van der Waals surface area contributed by atoms with Crippen molar-refractivity contribution in [1.82, 2.24) is 14.9 Å². The number of aliphatic carboxylic acids is 2. The van der Waals surface area contributed by atoms with E-state index in [-0.39, 0.29) is 18.8 Å². The highest BCUT2D eigenvalue weighted by Gasteiger charge is 2.22. The minimum absolute atomic E-state index is 0.0477. The highest BCUT2D eigenvalue weighted by atomic mass is 16.6. The minimum Gasteiger partial charge on any atom is -0.481 e. The maximum atomic E-state index is 11.5. The first-order valence-corrected chi connectivity index (χ1v) is 5.69. The maximum Gasteiger partial charge on any atom is 0.381 e. The number of carbonyl (C=O) groups is 3. The average Bonchev–Trinajstić information content (AvgIpc) is 2.83. The fourth-order valence-corrected chi connectivity index (χ4v) is 1.44. The first-order valence-electron chi connectivity index (χ1n) is 5.69. The standard InChI is InChI=1S/C10H12N4O7/c15-8(12-6(10(18)19)3-9(16)17)1-2-13-4-7(11-5-13)14(20)21/h4-6H,1-3H2,(H,12,15)(H,16,17)(H,18,19)/t6-/m0/s1. The number of carboxylic acids is 2. The number of carboxylic acid groups (broad SMARTS) is 2. The number of aryl methyl sites for hydroxylation is 1. The highest BCUT2D eigenvalue weighted by Crippen LogP contribution is 2.06. The lowest BCUT2D eigenvalue weighted by Gasteiger charge is -2.12. The van der Waals surface area contributed by atoms with Crippen LogP contribution in [0.2, 0.25) is 0 Å². The lowest BCUT2D eigenvalue weighted by atomic mass is 10.2. The fourth-order valence-electron chi connectivity index (χ4n) is 1.44. The van der Waals surface area contributed by atoms with Crippen LogP contribution in [0.5, 0.6) is 0 Å². The van der Waals surface area contributed by atoms with Crippen LogP contribution in [0.15, 0.2) is 12.5 Å². The first kappa shape index (κ1) is 16.1. The van der Waals surface area contributed by atoms with Gasteiger partial charge in [0.25, 0.3) is 0 Å². The Morgan fingerprint density at radius 3 is 2.57 bits per heavy atom. The molecule has 0 aromatic carbocycles. The lowest BCUT2D eigenvalue weighted by Crippen LogP contribution is -2.42. The van der Waals surface area contributed by atoms with E-state index in [1.165, 1.54) is 4.57 Å². The number of hydrogen-bond acceptors (Lipinski definition) is 6. The van der Waals surface area contributed by atoms with Gasteiger partial charge in [-0.1, -0.05) is 0 Å². The van der Waals surface area contributed by atoms with Crippen molar-refractivity contribution in [3.8, 4) is 0 Å². The van der Waals surface area contributed by atoms with Crippen molar-refractivity contribution in [3.63, 3.8) is 0 Å². The predicted octanol–water partition coefficient (Wildman–Crippen LogP) is -0.774. The monoisotopic (exact) mass is 300 g/mol. The molecule has 1 aromatic heterocycles. The predicted molar refractivity (Wildman–Crippen MR) is 65.3 cm³/mol. The van der Waals surface area contributed by atoms with Gasteiger partial charge in [-0.2, -0.15) is 0 Å². The smallest absolute Gasteiger partial charge is 0.381 e. The van der Waals surface area contributed by atoms with E-state index in [0.29, 0.717) is 0 Å². The molecule has 3 N–H and O–H groups in total. The van der Waals surface area contributed by atoms with Crippen LogP contribution in [0.25, 0.3) is 0 Å². The summed E-state index contributed by atoms with van der Waals surface area (Å²) >= 11 is 0. The number of rotatable bonds is 8. The largest absolute Gasteiger partial charge is 0.481 e. The second-order valence-electron chi connectivity index (χ2n) is 4.03. The summed E-state index contributed by atoms with van der Waals surface area (Å²) < 4.78 is 1.30. The Morgan fingerprint density at radius 2 is 2.10 bits per heavy atom. The molecule has 1 aromatic rings. The molecular weight excluding hydrogens is 288 g/mol. The number of aromatic nitrogens is 2. The topological polar surface area (TPSA) is 165 Å². The molecule has 0 saturated heterocycles. The van der Waals surface area contributed by atoms with Crippen LogP contribution in [0.3, 0.4) is 0 Å². The van der Waals surface area contributed by atoms with E-state index in [1.54, 1.807) is 0 Å². The van der Waals surface area contributed by atoms with E-state index in [9.17, 15) is 24.5 Å². The van der Waals surface area contributed by atoms with Crippen molar-refractivity contribution < 1.29 is 29.5 Å². The zero-order valence-electron chi connectivity index (χ0n) is 10.6. The molecule has 0 aliphatic rings. The molecule has 11 heteroatoms. The summed E-state index contributed by atoms with van der Waals surface area (Å²) in [6.07, 6.45) is 1.38. The quantitative estimate of drug-likeness (QED) is 0.415. The fraction of sp³-hybridized carbons (Fsp3) is 0.400. The van der Waals surface area contributed by atoms with E-state index in [2.05, 4.69) is 10.3 Å². The Labute approximate surface area is 117 Å². The molecule has 11 nitrogen and oxygen atoms in total. The SMILES string of the molecule is O=C(O)C[C@H](NC(=O)CCn1cnc([N+](=O)[O-])c1)C(=O)O. The second-order valence-corrected chi connectivity index (χ2v) is 4.03. The molecule has 0 aliphatic carbocycles. The van der Waals surface area contributed by atoms with Gasteiger partial charge in [0, 0.05) is 13.0 Å². The maximum absolute atomic E-state index is 11.5. The Kier molecular flexibility index (Phi) is 5.34. The third kappa shape index (κ3) is 5.26. The van der Waals surface area contributed by atoms with Gasteiger partial charge in [-0.05, 0) is 9.91 Å². The van der Waals surface area contributed by atoms with Gasteiger partial charge < -0.3 is 30.2 Å². The molecule has 0 spiro atoms. The van der Waals surface area contributed by atoms with Crippen LogP contribution >= 0.6 is 0 Å². The van der Waals surface area contributed by atoms with Crippen LogP contribution in [0.1, 0.15) is 12.8 Å². The zero-order valence-corrected chi connectivity index (χ0v) is 10.6. The van der Waals surface area contributed by atoms with Crippen molar-refractivity contribution in [2.75, 3.05) is 0 Å². The third-order valence-electron chi connectivity index (χ3n) is 2.42. The molecular formula is C10H12N4O7. The van der Waals surface area contributed by atoms with E-state index in [0.717, 1.165) is 12.5 Å². The summed E-state index contributed by atoms with van der Waals surface area (Å²) in [4.78, 5) is 45.9. The normalized spacial score (nSPS) is 11.6. The van der Waals surface area contributed by atoms with Gasteiger partial charge >= 0.3 is 17.8 Å². The van der Waals surface area contributed by atoms with Gasteiger partial charge in [0.2, 0.25) is 12.2 Å². The molecule has 0 saturated carbocycles. The van der Waals surface area contributed by atoms with Crippen LogP contribution in [-0.4, -0.2) is 48.6 Å². The molecule has 1 rings (SSSR count). The molecule has 0 radical (unpaired) electrons. The van der Waals surface area contributed by atoms with Gasteiger partial charge in [-0.3, -0.25) is 9.59 Å². The molecule has 0 aliphatic heterocycles. The molecule has 0 unspecified atom stereocenters. The van der Waals surface area contributed by atoms with Gasteiger partial charge in [-0.25, -0.2) is 4.79 Å². The number of nitrogens with zero attached hydrogens (tertiary/aromatic N) is 3. The van der Waals surface area contributed by atoms with E-state index in [4.69, 9.17) is 10.2 Å². The number of imidazole rings is 1. The summed E-state index contributed by atoms with van der Waals surface area (Å²) in [5, 5.41) is 29.7. The zero-order chi connectivity index (χ0) is 16.0. The summed E-state index contributed by atoms with van der Waals surface area (Å²) in [5.41, 5.74) is 0. The molecule has 0 bridgehead atoms. The Hall–Kier alpha value is -2.98. The molecule has 1 amide bonds. The summed E-state index contributed by atoms with van der Waals surface area (Å²) in [6, 6.07) is -1.52. The number of hydrogen-bond donors (Lipinski definition) is 3. The highest BCUT2D eigenvalue weighted by molar-refractivity contribution is 5.86. The van der Waals surface area contributed by atoms with Gasteiger partial charge in [0.05, 0.1) is 6.42 Å². The molecule has 21 heavy (non-hydrogen) atoms. The second kappa shape index (κ2) is 6.98. The number of nitro groups is 1. The van der Waals surface area contributed by atoms with Crippen LogP contribution in [0.4, 0.5) is 5.82 Å². The molecule has 1 atom stereocenters. The Balaban J connectivity index is 2.50. The molecule has 1 heterocycles. The van der Waals surface area contributed by atoms with Crippen LogP contribution in [0, 0.1) is 10.1 Å². The molecule has 0 fully saturated rings. The lowest BCUT2D eigenvalue weighted by molar-refractivity contribution is -0.389. The Morgan fingerprint density at radius 1 is 1.43 bits per heavy atom. The summed E-state index contributed by atoms with van der Waals surface area (Å²) in [6.45, 7) is 0.0477. The average molecular weight is 300 g/mol. The summed E-state index contributed by atoms with van der Waals surface area (Å²) in [7, 11) is 0. The van der Waals surface area contributed by atoms with E-state index >= 15 is 0 Å². The van der Waals surface area contributed by atoms with Crippen molar-refractivity contribution in [1.29, 1.82) is 0 Å². The minimum atomic E-state index is -1.52.